The lowest BCUT2D eigenvalue weighted by Gasteiger charge is -2.09. The maximum Gasteiger partial charge on any atom is 0.339 e. The molecule has 0 aliphatic carbocycles. The molecule has 0 aromatic heterocycles. The van der Waals surface area contributed by atoms with Crippen LogP contribution >= 0.6 is 0 Å². The van der Waals surface area contributed by atoms with E-state index in [4.69, 9.17) is 4.74 Å². The number of hydrogen-bond donors (Lipinski definition) is 1. The summed E-state index contributed by atoms with van der Waals surface area (Å²) in [5.74, 6) is -0.473. The van der Waals surface area contributed by atoms with Crippen molar-refractivity contribution in [2.75, 3.05) is 12.4 Å². The molecule has 4 nitrogen and oxygen atoms in total. The van der Waals surface area contributed by atoms with E-state index < -0.39 is 5.97 Å². The Labute approximate surface area is 184 Å². The summed E-state index contributed by atoms with van der Waals surface area (Å²) in [4.78, 5) is 23.9. The van der Waals surface area contributed by atoms with Gasteiger partial charge in [0.05, 0.1) is 18.4 Å². The molecule has 0 radical (unpaired) electrons. The van der Waals surface area contributed by atoms with Gasteiger partial charge in [-0.15, -0.1) is 0 Å². The number of nitrogens with one attached hydrogen (secondary N) is 1. The van der Waals surface area contributed by atoms with Crippen LogP contribution < -0.4 is 5.32 Å². The third-order valence-electron chi connectivity index (χ3n) is 5.61. The Bertz CT molecular complexity index is 585. The lowest BCUT2D eigenvalue weighted by atomic mass is 10.0. The zero-order valence-corrected chi connectivity index (χ0v) is 19.3. The van der Waals surface area contributed by atoms with Crippen molar-refractivity contribution in [1.82, 2.24) is 0 Å². The van der Waals surface area contributed by atoms with Gasteiger partial charge in [0.15, 0.2) is 0 Å². The third-order valence-corrected chi connectivity index (χ3v) is 5.61. The first-order valence-electron chi connectivity index (χ1n) is 12.2. The van der Waals surface area contributed by atoms with Crippen LogP contribution in [-0.2, 0) is 9.53 Å². The van der Waals surface area contributed by atoms with Crippen LogP contribution in [0.15, 0.2) is 24.3 Å². The van der Waals surface area contributed by atoms with Crippen molar-refractivity contribution in [2.45, 2.75) is 110 Å². The molecule has 0 bridgehead atoms. The largest absolute Gasteiger partial charge is 0.465 e. The Balaban J connectivity index is 1.96. The van der Waals surface area contributed by atoms with Crippen LogP contribution in [0.1, 0.15) is 120 Å². The Morgan fingerprint density at radius 3 is 1.70 bits per heavy atom. The molecule has 0 saturated carbocycles. The van der Waals surface area contributed by atoms with Crippen molar-refractivity contribution in [3.8, 4) is 0 Å². The van der Waals surface area contributed by atoms with Gasteiger partial charge in [0.1, 0.15) is 0 Å². The van der Waals surface area contributed by atoms with E-state index in [0.717, 1.165) is 12.8 Å². The maximum atomic E-state index is 12.1. The van der Waals surface area contributed by atoms with Gasteiger partial charge in [0.2, 0.25) is 5.91 Å². The number of amides is 1. The van der Waals surface area contributed by atoms with E-state index in [2.05, 4.69) is 12.2 Å². The molecule has 1 amide bonds. The molecule has 0 fully saturated rings. The van der Waals surface area contributed by atoms with E-state index in [1.807, 2.05) is 0 Å². The number of anilines is 1. The van der Waals surface area contributed by atoms with Gasteiger partial charge in [0.25, 0.3) is 0 Å². The van der Waals surface area contributed by atoms with Crippen LogP contribution in [0.3, 0.4) is 0 Å². The number of ether oxygens (including phenoxy) is 1. The van der Waals surface area contributed by atoms with E-state index in [9.17, 15) is 9.59 Å². The van der Waals surface area contributed by atoms with Crippen LogP contribution in [0.2, 0.25) is 0 Å². The van der Waals surface area contributed by atoms with Crippen LogP contribution in [0.25, 0.3) is 0 Å². The van der Waals surface area contributed by atoms with Gasteiger partial charge in [-0.2, -0.15) is 0 Å². The zero-order chi connectivity index (χ0) is 21.9. The minimum absolute atomic E-state index is 0.0407. The van der Waals surface area contributed by atoms with E-state index >= 15 is 0 Å². The first-order chi connectivity index (χ1) is 14.7. The normalized spacial score (nSPS) is 10.7. The van der Waals surface area contributed by atoms with Crippen LogP contribution in [0.5, 0.6) is 0 Å². The molecular weight excluding hydrogens is 374 g/mol. The lowest BCUT2D eigenvalue weighted by Crippen LogP contribution is -2.14. The summed E-state index contributed by atoms with van der Waals surface area (Å²) in [6.07, 6.45) is 20.2. The van der Waals surface area contributed by atoms with Gasteiger partial charge in [-0.05, 0) is 18.6 Å². The highest BCUT2D eigenvalue weighted by molar-refractivity contribution is 6.01. The van der Waals surface area contributed by atoms with Gasteiger partial charge < -0.3 is 10.1 Å². The summed E-state index contributed by atoms with van der Waals surface area (Å²) in [5.41, 5.74) is 0.917. The van der Waals surface area contributed by atoms with Crippen molar-refractivity contribution < 1.29 is 14.3 Å². The number of carbonyl (C=O) groups excluding carboxylic acids is 2. The summed E-state index contributed by atoms with van der Waals surface area (Å²) in [6, 6.07) is 6.96. The number of carbonyl (C=O) groups is 2. The number of methoxy groups -OCH3 is 1. The van der Waals surface area contributed by atoms with E-state index in [-0.39, 0.29) is 5.91 Å². The fourth-order valence-corrected chi connectivity index (χ4v) is 3.75. The van der Waals surface area contributed by atoms with Gasteiger partial charge in [-0.1, -0.05) is 109 Å². The minimum Gasteiger partial charge on any atom is -0.465 e. The molecule has 4 heteroatoms. The topological polar surface area (TPSA) is 55.4 Å². The molecule has 0 heterocycles. The number of unbranched alkanes of at least 4 members (excludes halogenated alkanes) is 14. The molecule has 0 aliphatic heterocycles. The SMILES string of the molecule is CCCCCCCCCCCCCCCCCC(=O)Nc1ccccc1C(=O)OC. The molecule has 1 N–H and O–H groups in total. The van der Waals surface area contributed by atoms with Gasteiger partial charge >= 0.3 is 5.97 Å². The monoisotopic (exact) mass is 417 g/mol. The fraction of sp³-hybridized carbons (Fsp3) is 0.692. The molecule has 0 aliphatic rings. The molecule has 1 aromatic rings. The molecule has 0 atom stereocenters. The molecule has 30 heavy (non-hydrogen) atoms. The van der Waals surface area contributed by atoms with Gasteiger partial charge in [-0.25, -0.2) is 4.79 Å². The van der Waals surface area contributed by atoms with Crippen LogP contribution in [0.4, 0.5) is 5.69 Å². The van der Waals surface area contributed by atoms with E-state index in [0.29, 0.717) is 17.7 Å². The Morgan fingerprint density at radius 1 is 0.733 bits per heavy atom. The second-order valence-electron chi connectivity index (χ2n) is 8.29. The van der Waals surface area contributed by atoms with E-state index in [1.54, 1.807) is 24.3 Å². The Morgan fingerprint density at radius 2 is 1.20 bits per heavy atom. The predicted molar refractivity (Wildman–Crippen MR) is 126 cm³/mol. The van der Waals surface area contributed by atoms with Crippen LogP contribution in [0, 0.1) is 0 Å². The lowest BCUT2D eigenvalue weighted by molar-refractivity contribution is -0.116. The first-order valence-corrected chi connectivity index (χ1v) is 12.2. The predicted octanol–water partition coefficient (Wildman–Crippen LogP) is 7.67. The van der Waals surface area contributed by atoms with Gasteiger partial charge in [0, 0.05) is 6.42 Å². The summed E-state index contributed by atoms with van der Waals surface area (Å²) < 4.78 is 4.76. The quantitative estimate of drug-likeness (QED) is 0.197. The standard InChI is InChI=1S/C26H43NO3/c1-3-4-5-6-7-8-9-10-11-12-13-14-15-16-17-22-25(28)27-24-21-19-18-20-23(24)26(29)30-2/h18-21H,3-17,22H2,1-2H3,(H,27,28). The number of rotatable bonds is 18. The van der Waals surface area contributed by atoms with Crippen LogP contribution in [-0.4, -0.2) is 19.0 Å². The average molecular weight is 418 g/mol. The number of benzene rings is 1. The number of para-hydroxylation sites is 1. The molecule has 1 rings (SSSR count). The molecule has 1 aromatic carbocycles. The maximum absolute atomic E-state index is 12.1. The molecular formula is C26H43NO3. The summed E-state index contributed by atoms with van der Waals surface area (Å²) >= 11 is 0. The number of hydrogen-bond acceptors (Lipinski definition) is 3. The van der Waals surface area contributed by atoms with Crippen molar-refractivity contribution >= 4 is 17.6 Å². The van der Waals surface area contributed by atoms with Crippen molar-refractivity contribution in [1.29, 1.82) is 0 Å². The molecule has 0 unspecified atom stereocenters. The van der Waals surface area contributed by atoms with Crippen molar-refractivity contribution in [3.05, 3.63) is 29.8 Å². The highest BCUT2D eigenvalue weighted by Crippen LogP contribution is 2.17. The summed E-state index contributed by atoms with van der Waals surface area (Å²) in [7, 11) is 1.34. The summed E-state index contributed by atoms with van der Waals surface area (Å²) in [6.45, 7) is 2.27. The highest BCUT2D eigenvalue weighted by Gasteiger charge is 2.12. The minimum atomic E-state index is -0.433. The second kappa shape index (κ2) is 18.0. The molecule has 170 valence electrons. The smallest absolute Gasteiger partial charge is 0.339 e. The van der Waals surface area contributed by atoms with E-state index in [1.165, 1.54) is 90.6 Å². The first kappa shape index (κ1) is 26.2. The molecule has 0 spiro atoms. The molecule has 0 saturated heterocycles. The van der Waals surface area contributed by atoms with Crippen molar-refractivity contribution in [3.63, 3.8) is 0 Å². The third kappa shape index (κ3) is 12.7. The Hall–Kier alpha value is -1.84. The Kier molecular flexibility index (Phi) is 15.7. The summed E-state index contributed by atoms with van der Waals surface area (Å²) in [5, 5.41) is 2.84. The fourth-order valence-electron chi connectivity index (χ4n) is 3.75. The average Bonchev–Trinajstić information content (AvgIpc) is 2.76. The van der Waals surface area contributed by atoms with Crippen molar-refractivity contribution in [2.24, 2.45) is 0 Å². The zero-order valence-electron chi connectivity index (χ0n) is 19.3. The number of esters is 1. The second-order valence-corrected chi connectivity index (χ2v) is 8.29. The highest BCUT2D eigenvalue weighted by atomic mass is 16.5. The van der Waals surface area contributed by atoms with Gasteiger partial charge in [-0.3, -0.25) is 4.79 Å².